The quantitative estimate of drug-likeness (QED) is 0.624. The highest BCUT2D eigenvalue weighted by Crippen LogP contribution is 2.31. The number of hydrogen-bond acceptors (Lipinski definition) is 4. The van der Waals surface area contributed by atoms with Crippen molar-refractivity contribution in [3.63, 3.8) is 0 Å². The highest BCUT2D eigenvalue weighted by molar-refractivity contribution is 7.99. The summed E-state index contributed by atoms with van der Waals surface area (Å²) in [6.45, 7) is 5.62. The summed E-state index contributed by atoms with van der Waals surface area (Å²) < 4.78 is 2.17. The van der Waals surface area contributed by atoms with E-state index >= 15 is 0 Å². The van der Waals surface area contributed by atoms with E-state index in [2.05, 4.69) is 38.4 Å². The molecule has 0 N–H and O–H groups in total. The van der Waals surface area contributed by atoms with Crippen LogP contribution in [0.2, 0.25) is 0 Å². The Bertz CT molecular complexity index is 549. The topological polar surface area (TPSA) is 34.0 Å². The van der Waals surface area contributed by atoms with E-state index in [1.54, 1.807) is 11.8 Å². The lowest BCUT2D eigenvalue weighted by molar-refractivity contribution is 0.704. The second-order valence-corrected chi connectivity index (χ2v) is 5.01. The van der Waals surface area contributed by atoms with Gasteiger partial charge in [0.2, 0.25) is 5.95 Å². The maximum Gasteiger partial charge on any atom is 0.232 e. The number of para-hydroxylation sites is 1. The summed E-state index contributed by atoms with van der Waals surface area (Å²) in [4.78, 5) is 2.20. The molecule has 1 aromatic heterocycles. The first kappa shape index (κ1) is 11.3. The molecule has 0 aliphatic carbocycles. The Morgan fingerprint density at radius 2 is 2.06 bits per heavy atom. The Morgan fingerprint density at radius 3 is 2.83 bits per heavy atom. The van der Waals surface area contributed by atoms with Gasteiger partial charge in [0.15, 0.2) is 5.16 Å². The van der Waals surface area contributed by atoms with Gasteiger partial charge in [0, 0.05) is 24.5 Å². The minimum Gasteiger partial charge on any atom is -0.309 e. The molecule has 1 aliphatic rings. The molecule has 92 valence electrons. The molecule has 0 atom stereocenters. The van der Waals surface area contributed by atoms with Crippen molar-refractivity contribution in [1.82, 2.24) is 14.8 Å². The monoisotopic (exact) mass is 258 g/mol. The number of aromatic nitrogens is 3. The molecule has 1 aromatic carbocycles. The van der Waals surface area contributed by atoms with Crippen LogP contribution in [0.25, 0.3) is 0 Å². The lowest BCUT2D eigenvalue weighted by Gasteiger charge is -2.14. The third-order valence-electron chi connectivity index (χ3n) is 2.88. The average Bonchev–Trinajstić information content (AvgIpc) is 2.99. The fourth-order valence-electron chi connectivity index (χ4n) is 2.07. The van der Waals surface area contributed by atoms with E-state index in [1.165, 1.54) is 5.69 Å². The van der Waals surface area contributed by atoms with Crippen LogP contribution in [0.4, 0.5) is 11.6 Å². The smallest absolute Gasteiger partial charge is 0.232 e. The molecule has 18 heavy (non-hydrogen) atoms. The molecule has 0 saturated carbocycles. The van der Waals surface area contributed by atoms with Crippen LogP contribution in [-0.2, 0) is 6.54 Å². The van der Waals surface area contributed by atoms with Gasteiger partial charge in [0.05, 0.1) is 0 Å². The van der Waals surface area contributed by atoms with Gasteiger partial charge >= 0.3 is 0 Å². The molecule has 0 bridgehead atoms. The summed E-state index contributed by atoms with van der Waals surface area (Å²) in [5.74, 6) is 1.80. The highest BCUT2D eigenvalue weighted by Gasteiger charge is 2.25. The van der Waals surface area contributed by atoms with E-state index < -0.39 is 0 Å². The van der Waals surface area contributed by atoms with Crippen molar-refractivity contribution in [1.29, 1.82) is 0 Å². The maximum absolute atomic E-state index is 4.29. The third-order valence-corrected chi connectivity index (χ3v) is 3.85. The standard InChI is InChI=1S/C13H14N4S/c1-2-10-18-13-15-14-12-16(8-9-17(12)13)11-6-4-3-5-7-11/h2-7H,1,8-10H2. The van der Waals surface area contributed by atoms with Crippen molar-refractivity contribution >= 4 is 23.4 Å². The predicted octanol–water partition coefficient (Wildman–Crippen LogP) is 2.71. The Kier molecular flexibility index (Phi) is 3.06. The molecule has 0 radical (unpaired) electrons. The Balaban J connectivity index is 1.89. The average molecular weight is 258 g/mol. The lowest BCUT2D eigenvalue weighted by atomic mass is 10.3. The van der Waals surface area contributed by atoms with Crippen molar-refractivity contribution in [3.8, 4) is 0 Å². The Morgan fingerprint density at radius 1 is 1.22 bits per heavy atom. The van der Waals surface area contributed by atoms with E-state index in [1.807, 2.05) is 24.3 Å². The largest absolute Gasteiger partial charge is 0.309 e. The van der Waals surface area contributed by atoms with Gasteiger partial charge in [-0.2, -0.15) is 0 Å². The third kappa shape index (κ3) is 1.90. The van der Waals surface area contributed by atoms with Crippen LogP contribution in [0.5, 0.6) is 0 Å². The number of rotatable bonds is 4. The van der Waals surface area contributed by atoms with Gasteiger partial charge in [-0.25, -0.2) is 0 Å². The summed E-state index contributed by atoms with van der Waals surface area (Å²) in [6, 6.07) is 10.3. The highest BCUT2D eigenvalue weighted by atomic mass is 32.2. The van der Waals surface area contributed by atoms with E-state index in [0.29, 0.717) is 0 Å². The van der Waals surface area contributed by atoms with Crippen molar-refractivity contribution in [3.05, 3.63) is 43.0 Å². The maximum atomic E-state index is 4.29. The predicted molar refractivity (Wildman–Crippen MR) is 74.4 cm³/mol. The van der Waals surface area contributed by atoms with E-state index in [-0.39, 0.29) is 0 Å². The van der Waals surface area contributed by atoms with Crippen LogP contribution >= 0.6 is 11.8 Å². The fraction of sp³-hybridized carbons (Fsp3) is 0.231. The number of nitrogens with zero attached hydrogens (tertiary/aromatic N) is 4. The van der Waals surface area contributed by atoms with Gasteiger partial charge in [-0.15, -0.1) is 16.8 Å². The van der Waals surface area contributed by atoms with Gasteiger partial charge in [-0.1, -0.05) is 36.0 Å². The van der Waals surface area contributed by atoms with Crippen LogP contribution in [-0.4, -0.2) is 27.1 Å². The van der Waals surface area contributed by atoms with E-state index in [9.17, 15) is 0 Å². The molecule has 2 heterocycles. The minimum absolute atomic E-state index is 0.865. The number of anilines is 2. The summed E-state index contributed by atoms with van der Waals surface area (Å²) in [5.41, 5.74) is 1.17. The van der Waals surface area contributed by atoms with Crippen molar-refractivity contribution in [2.45, 2.75) is 11.7 Å². The van der Waals surface area contributed by atoms with Crippen LogP contribution in [0.15, 0.2) is 48.1 Å². The van der Waals surface area contributed by atoms with Crippen LogP contribution in [0.1, 0.15) is 0 Å². The first-order chi connectivity index (χ1) is 8.90. The summed E-state index contributed by atoms with van der Waals surface area (Å²) in [7, 11) is 0. The molecule has 1 aliphatic heterocycles. The summed E-state index contributed by atoms with van der Waals surface area (Å²) >= 11 is 1.67. The molecule has 0 amide bonds. The number of benzene rings is 1. The molecule has 0 unspecified atom stereocenters. The Labute approximate surface area is 110 Å². The van der Waals surface area contributed by atoms with Crippen LogP contribution in [0, 0.1) is 0 Å². The normalized spacial score (nSPS) is 13.7. The van der Waals surface area contributed by atoms with Gasteiger partial charge in [-0.05, 0) is 12.1 Å². The molecule has 4 nitrogen and oxygen atoms in total. The van der Waals surface area contributed by atoms with Crippen LogP contribution in [0.3, 0.4) is 0 Å². The van der Waals surface area contributed by atoms with Crippen LogP contribution < -0.4 is 4.90 Å². The van der Waals surface area contributed by atoms with Crippen molar-refractivity contribution in [2.75, 3.05) is 17.2 Å². The summed E-state index contributed by atoms with van der Waals surface area (Å²) in [5, 5.41) is 9.50. The molecule has 0 saturated heterocycles. The molecule has 5 heteroatoms. The van der Waals surface area contributed by atoms with Gasteiger partial charge in [-0.3, -0.25) is 4.57 Å². The van der Waals surface area contributed by atoms with Crippen molar-refractivity contribution in [2.24, 2.45) is 0 Å². The second kappa shape index (κ2) is 4.86. The minimum atomic E-state index is 0.865. The number of fused-ring (bicyclic) bond motifs is 1. The molecule has 2 aromatic rings. The lowest BCUT2D eigenvalue weighted by Crippen LogP contribution is -2.13. The first-order valence-corrected chi connectivity index (χ1v) is 6.88. The molecule has 0 spiro atoms. The van der Waals surface area contributed by atoms with E-state index in [0.717, 1.165) is 29.9 Å². The summed E-state index contributed by atoms with van der Waals surface area (Å²) in [6.07, 6.45) is 1.89. The fourth-order valence-corrected chi connectivity index (χ4v) is 2.76. The second-order valence-electron chi connectivity index (χ2n) is 4.02. The van der Waals surface area contributed by atoms with Gasteiger partial charge in [0.25, 0.3) is 0 Å². The number of hydrogen-bond donors (Lipinski definition) is 0. The van der Waals surface area contributed by atoms with Crippen molar-refractivity contribution < 1.29 is 0 Å². The number of thioether (sulfide) groups is 1. The zero-order valence-corrected chi connectivity index (χ0v) is 10.8. The molecular formula is C13H14N4S. The molecular weight excluding hydrogens is 244 g/mol. The molecule has 3 rings (SSSR count). The first-order valence-electron chi connectivity index (χ1n) is 5.89. The molecule has 0 fully saturated rings. The zero-order chi connectivity index (χ0) is 12.4. The van der Waals surface area contributed by atoms with Gasteiger partial charge < -0.3 is 4.90 Å². The zero-order valence-electron chi connectivity index (χ0n) is 9.99. The Hall–Kier alpha value is -1.75. The SMILES string of the molecule is C=CCSc1nnc2n1CCN2c1ccccc1. The van der Waals surface area contributed by atoms with Gasteiger partial charge in [0.1, 0.15) is 0 Å². The van der Waals surface area contributed by atoms with E-state index in [4.69, 9.17) is 0 Å².